The van der Waals surface area contributed by atoms with Gasteiger partial charge in [0.05, 0.1) is 12.7 Å². The molecule has 94 valence electrons. The van der Waals surface area contributed by atoms with Crippen molar-refractivity contribution >= 4 is 0 Å². The molecule has 0 heterocycles. The normalized spacial score (nSPS) is 27.1. The first-order valence-electron chi connectivity index (χ1n) is 6.32. The van der Waals surface area contributed by atoms with E-state index in [4.69, 9.17) is 4.74 Å². The van der Waals surface area contributed by atoms with E-state index in [-0.39, 0.29) is 5.41 Å². The predicted molar refractivity (Wildman–Crippen MR) is 69.3 cm³/mol. The average Bonchev–Trinajstić information content (AvgIpc) is 2.53. The van der Waals surface area contributed by atoms with Crippen LogP contribution in [-0.2, 0) is 6.42 Å². The van der Waals surface area contributed by atoms with Gasteiger partial charge in [0.15, 0.2) is 0 Å². The second kappa shape index (κ2) is 4.34. The lowest BCUT2D eigenvalue weighted by molar-refractivity contribution is -0.0419. The van der Waals surface area contributed by atoms with Gasteiger partial charge in [0.1, 0.15) is 5.75 Å². The number of benzene rings is 1. The molecule has 0 spiro atoms. The van der Waals surface area contributed by atoms with Crippen LogP contribution in [0.5, 0.6) is 5.75 Å². The summed E-state index contributed by atoms with van der Waals surface area (Å²) in [6.07, 6.45) is 3.84. The number of hydrogen-bond donors (Lipinski definition) is 1. The maximum atomic E-state index is 10.8. The Bertz CT molecular complexity index is 398. The third-order valence-electron chi connectivity index (χ3n) is 4.28. The molecule has 1 fully saturated rings. The molecule has 1 aromatic rings. The molecule has 1 unspecified atom stereocenters. The second-order valence-electron chi connectivity index (χ2n) is 5.80. The monoisotopic (exact) mass is 234 g/mol. The summed E-state index contributed by atoms with van der Waals surface area (Å²) in [5, 5.41) is 10.8. The summed E-state index contributed by atoms with van der Waals surface area (Å²) >= 11 is 0. The van der Waals surface area contributed by atoms with Gasteiger partial charge in [-0.1, -0.05) is 26.0 Å². The standard InChI is InChI=1S/C15H22O2/c1-14(2)8-5-9-15(14,16)11-12-6-4-7-13(10-12)17-3/h4,6-7,10,16H,5,8-9,11H2,1-3H3. The smallest absolute Gasteiger partial charge is 0.119 e. The fraction of sp³-hybridized carbons (Fsp3) is 0.600. The van der Waals surface area contributed by atoms with E-state index in [1.807, 2.05) is 18.2 Å². The highest BCUT2D eigenvalue weighted by atomic mass is 16.5. The molecule has 0 aromatic heterocycles. The third-order valence-corrected chi connectivity index (χ3v) is 4.28. The Hall–Kier alpha value is -1.02. The number of rotatable bonds is 3. The van der Waals surface area contributed by atoms with Gasteiger partial charge in [0.2, 0.25) is 0 Å². The minimum Gasteiger partial charge on any atom is -0.497 e. The van der Waals surface area contributed by atoms with Crippen LogP contribution in [0.3, 0.4) is 0 Å². The summed E-state index contributed by atoms with van der Waals surface area (Å²) in [5.41, 5.74) is 0.594. The van der Waals surface area contributed by atoms with E-state index >= 15 is 0 Å². The minimum atomic E-state index is -0.570. The van der Waals surface area contributed by atoms with E-state index in [9.17, 15) is 5.11 Å². The zero-order valence-corrected chi connectivity index (χ0v) is 11.0. The van der Waals surface area contributed by atoms with Crippen LogP contribution >= 0.6 is 0 Å². The van der Waals surface area contributed by atoms with Crippen molar-refractivity contribution in [3.8, 4) is 5.75 Å². The first-order valence-corrected chi connectivity index (χ1v) is 6.32. The maximum absolute atomic E-state index is 10.8. The highest BCUT2D eigenvalue weighted by Gasteiger charge is 2.47. The molecule has 17 heavy (non-hydrogen) atoms. The van der Waals surface area contributed by atoms with E-state index in [0.717, 1.165) is 37.0 Å². The van der Waals surface area contributed by atoms with Gasteiger partial charge < -0.3 is 9.84 Å². The Kier molecular flexibility index (Phi) is 3.17. The van der Waals surface area contributed by atoms with Crippen molar-refractivity contribution in [2.24, 2.45) is 5.41 Å². The fourth-order valence-electron chi connectivity index (χ4n) is 2.84. The van der Waals surface area contributed by atoms with Gasteiger partial charge in [-0.3, -0.25) is 0 Å². The van der Waals surface area contributed by atoms with Gasteiger partial charge in [-0.2, -0.15) is 0 Å². The third kappa shape index (κ3) is 2.32. The lowest BCUT2D eigenvalue weighted by atomic mass is 9.74. The summed E-state index contributed by atoms with van der Waals surface area (Å²) in [5.74, 6) is 0.863. The maximum Gasteiger partial charge on any atom is 0.119 e. The topological polar surface area (TPSA) is 29.5 Å². The molecule has 1 saturated carbocycles. The van der Waals surface area contributed by atoms with Crippen LogP contribution < -0.4 is 4.74 Å². The number of aliphatic hydroxyl groups is 1. The van der Waals surface area contributed by atoms with Crippen molar-refractivity contribution in [1.29, 1.82) is 0 Å². The van der Waals surface area contributed by atoms with Crippen molar-refractivity contribution in [2.75, 3.05) is 7.11 Å². The zero-order chi connectivity index (χ0) is 12.5. The molecule has 0 aliphatic heterocycles. The Morgan fingerprint density at radius 1 is 1.29 bits per heavy atom. The summed E-state index contributed by atoms with van der Waals surface area (Å²) < 4.78 is 5.22. The molecule has 1 aliphatic rings. The molecule has 0 radical (unpaired) electrons. The molecule has 2 nitrogen and oxygen atoms in total. The number of hydrogen-bond acceptors (Lipinski definition) is 2. The van der Waals surface area contributed by atoms with Crippen LogP contribution in [0.25, 0.3) is 0 Å². The van der Waals surface area contributed by atoms with E-state index in [1.165, 1.54) is 0 Å². The Morgan fingerprint density at radius 3 is 2.65 bits per heavy atom. The fourth-order valence-corrected chi connectivity index (χ4v) is 2.84. The van der Waals surface area contributed by atoms with Gasteiger partial charge in [-0.05, 0) is 42.4 Å². The minimum absolute atomic E-state index is 0.01000. The van der Waals surface area contributed by atoms with Crippen LogP contribution in [-0.4, -0.2) is 17.8 Å². The highest BCUT2D eigenvalue weighted by molar-refractivity contribution is 5.30. The Balaban J connectivity index is 2.20. The highest BCUT2D eigenvalue weighted by Crippen LogP contribution is 2.47. The van der Waals surface area contributed by atoms with E-state index in [0.29, 0.717) is 0 Å². The van der Waals surface area contributed by atoms with Gasteiger partial charge >= 0.3 is 0 Å². The molecule has 2 rings (SSSR count). The molecule has 1 atom stereocenters. The molecular formula is C15H22O2. The summed E-state index contributed by atoms with van der Waals surface area (Å²) in [6.45, 7) is 4.33. The van der Waals surface area contributed by atoms with Crippen LogP contribution in [0.2, 0.25) is 0 Å². The summed E-state index contributed by atoms with van der Waals surface area (Å²) in [7, 11) is 1.67. The van der Waals surface area contributed by atoms with Gasteiger partial charge in [0, 0.05) is 6.42 Å². The van der Waals surface area contributed by atoms with Gasteiger partial charge in [-0.25, -0.2) is 0 Å². The zero-order valence-electron chi connectivity index (χ0n) is 11.0. The summed E-state index contributed by atoms with van der Waals surface area (Å²) in [4.78, 5) is 0. The Labute approximate surface area is 104 Å². The molecule has 0 bridgehead atoms. The second-order valence-corrected chi connectivity index (χ2v) is 5.80. The lowest BCUT2D eigenvalue weighted by Crippen LogP contribution is -2.41. The molecule has 0 amide bonds. The van der Waals surface area contributed by atoms with Crippen molar-refractivity contribution in [3.05, 3.63) is 29.8 Å². The number of ether oxygens (including phenoxy) is 1. The van der Waals surface area contributed by atoms with Crippen LogP contribution in [0.1, 0.15) is 38.7 Å². The number of methoxy groups -OCH3 is 1. The first kappa shape index (κ1) is 12.4. The molecule has 1 aliphatic carbocycles. The van der Waals surface area contributed by atoms with Crippen LogP contribution in [0.4, 0.5) is 0 Å². The Morgan fingerprint density at radius 2 is 2.06 bits per heavy atom. The predicted octanol–water partition coefficient (Wildman–Crippen LogP) is 3.18. The SMILES string of the molecule is COc1cccc(CC2(O)CCCC2(C)C)c1. The van der Waals surface area contributed by atoms with Crippen molar-refractivity contribution < 1.29 is 9.84 Å². The van der Waals surface area contributed by atoms with Crippen LogP contribution in [0.15, 0.2) is 24.3 Å². The average molecular weight is 234 g/mol. The van der Waals surface area contributed by atoms with Crippen molar-refractivity contribution in [1.82, 2.24) is 0 Å². The molecule has 1 N–H and O–H groups in total. The molecular weight excluding hydrogens is 212 g/mol. The van der Waals surface area contributed by atoms with E-state index in [1.54, 1.807) is 7.11 Å². The van der Waals surface area contributed by atoms with Gasteiger partial charge in [-0.15, -0.1) is 0 Å². The van der Waals surface area contributed by atoms with Crippen molar-refractivity contribution in [3.63, 3.8) is 0 Å². The van der Waals surface area contributed by atoms with E-state index < -0.39 is 5.60 Å². The quantitative estimate of drug-likeness (QED) is 0.870. The first-order chi connectivity index (χ1) is 7.97. The van der Waals surface area contributed by atoms with Crippen molar-refractivity contribution in [2.45, 2.75) is 45.1 Å². The summed E-state index contributed by atoms with van der Waals surface area (Å²) in [6, 6.07) is 8.01. The van der Waals surface area contributed by atoms with Crippen LogP contribution in [0, 0.1) is 5.41 Å². The lowest BCUT2D eigenvalue weighted by Gasteiger charge is -2.37. The molecule has 2 heteroatoms. The van der Waals surface area contributed by atoms with Gasteiger partial charge in [0.25, 0.3) is 0 Å². The largest absolute Gasteiger partial charge is 0.497 e. The van der Waals surface area contributed by atoms with E-state index in [2.05, 4.69) is 19.9 Å². The molecule has 1 aromatic carbocycles. The molecule has 0 saturated heterocycles.